The van der Waals surface area contributed by atoms with Gasteiger partial charge in [0, 0.05) is 25.7 Å². The number of benzene rings is 2. The number of fused-ring (bicyclic) bond motifs is 2. The van der Waals surface area contributed by atoms with E-state index >= 15 is 0 Å². The fourth-order valence-electron chi connectivity index (χ4n) is 5.24. The van der Waals surface area contributed by atoms with Crippen LogP contribution in [0, 0.1) is 0 Å². The molecule has 1 atom stereocenters. The lowest BCUT2D eigenvalue weighted by atomic mass is 9.86. The zero-order chi connectivity index (χ0) is 23.8. The Morgan fingerprint density at radius 3 is 2.00 bits per heavy atom. The molecule has 2 aromatic carbocycles. The van der Waals surface area contributed by atoms with Crippen molar-refractivity contribution in [1.82, 2.24) is 9.80 Å². The molecule has 0 fully saturated rings. The number of hydrogen-bond donors (Lipinski definition) is 0. The second-order valence-corrected chi connectivity index (χ2v) is 9.75. The van der Waals surface area contributed by atoms with Crippen LogP contribution in [0.4, 0.5) is 0 Å². The lowest BCUT2D eigenvalue weighted by Crippen LogP contribution is -2.34. The zero-order valence-corrected chi connectivity index (χ0v) is 22.3. The van der Waals surface area contributed by atoms with Gasteiger partial charge in [0.25, 0.3) is 0 Å². The molecule has 178 valence electrons. The second-order valence-electron chi connectivity index (χ2n) is 9.75. The molecular weight excluding hydrogens is 388 g/mol. The van der Waals surface area contributed by atoms with E-state index in [2.05, 4.69) is 94.8 Å². The molecule has 0 spiro atoms. The molecular formula is C30H48N2. The smallest absolute Gasteiger partial charge is 0.0322 e. The van der Waals surface area contributed by atoms with Gasteiger partial charge in [-0.05, 0) is 78.6 Å². The first kappa shape index (κ1) is 26.6. The molecule has 2 heteroatoms. The predicted octanol–water partition coefficient (Wildman–Crippen LogP) is 7.57. The molecule has 2 nitrogen and oxygen atoms in total. The summed E-state index contributed by atoms with van der Waals surface area (Å²) in [6, 6.07) is 14.2. The van der Waals surface area contributed by atoms with Crippen LogP contribution in [0.3, 0.4) is 0 Å². The minimum absolute atomic E-state index is 0.590. The minimum atomic E-state index is 0.590. The van der Waals surface area contributed by atoms with Crippen molar-refractivity contribution in [2.75, 3.05) is 26.7 Å². The van der Waals surface area contributed by atoms with Crippen LogP contribution in [0.15, 0.2) is 36.4 Å². The fourth-order valence-corrected chi connectivity index (χ4v) is 5.24. The van der Waals surface area contributed by atoms with Crippen molar-refractivity contribution in [1.29, 1.82) is 0 Å². The summed E-state index contributed by atoms with van der Waals surface area (Å²) < 4.78 is 0. The largest absolute Gasteiger partial charge is 0.302 e. The maximum absolute atomic E-state index is 2.56. The summed E-state index contributed by atoms with van der Waals surface area (Å²) in [7, 11) is 2.20. The monoisotopic (exact) mass is 436 g/mol. The predicted molar refractivity (Wildman–Crippen MR) is 142 cm³/mol. The van der Waals surface area contributed by atoms with Gasteiger partial charge >= 0.3 is 0 Å². The van der Waals surface area contributed by atoms with Gasteiger partial charge in [0.2, 0.25) is 0 Å². The van der Waals surface area contributed by atoms with Crippen molar-refractivity contribution in [2.24, 2.45) is 0 Å². The van der Waals surface area contributed by atoms with Gasteiger partial charge in [0.1, 0.15) is 0 Å². The SMILES string of the molecule is CC.CC(C)c1cccc2c1CCN(C)C2.CCN1CCc2c(C(C)C)cccc2C1C. The van der Waals surface area contributed by atoms with Gasteiger partial charge in [-0.2, -0.15) is 0 Å². The first-order valence-electron chi connectivity index (χ1n) is 13.0. The van der Waals surface area contributed by atoms with Crippen molar-refractivity contribution >= 4 is 0 Å². The average molecular weight is 437 g/mol. The average Bonchev–Trinajstić information content (AvgIpc) is 2.80. The second kappa shape index (κ2) is 12.6. The highest BCUT2D eigenvalue weighted by molar-refractivity contribution is 5.41. The van der Waals surface area contributed by atoms with Crippen LogP contribution >= 0.6 is 0 Å². The quantitative estimate of drug-likeness (QED) is 0.489. The summed E-state index contributed by atoms with van der Waals surface area (Å²) in [5, 5.41) is 0. The van der Waals surface area contributed by atoms with E-state index in [1.165, 1.54) is 31.5 Å². The van der Waals surface area contributed by atoms with Gasteiger partial charge in [-0.1, -0.05) is 84.9 Å². The summed E-state index contributed by atoms with van der Waals surface area (Å²) in [5.74, 6) is 1.31. The molecule has 2 aliphatic rings. The summed E-state index contributed by atoms with van der Waals surface area (Å²) in [5.41, 5.74) is 9.43. The van der Waals surface area contributed by atoms with Crippen LogP contribution in [-0.4, -0.2) is 36.5 Å². The number of likely N-dealkylation sites (N-methyl/N-ethyl adjacent to an activating group) is 2. The van der Waals surface area contributed by atoms with Crippen molar-refractivity contribution in [2.45, 2.75) is 92.7 Å². The lowest BCUT2D eigenvalue weighted by Gasteiger charge is -2.36. The molecule has 0 saturated carbocycles. The van der Waals surface area contributed by atoms with Crippen LogP contribution in [0.25, 0.3) is 0 Å². The van der Waals surface area contributed by atoms with Crippen LogP contribution in [0.5, 0.6) is 0 Å². The molecule has 2 aliphatic heterocycles. The third-order valence-corrected chi connectivity index (χ3v) is 7.04. The molecule has 0 aliphatic carbocycles. The number of rotatable bonds is 3. The Hall–Kier alpha value is -1.64. The zero-order valence-electron chi connectivity index (χ0n) is 22.3. The molecule has 4 rings (SSSR count). The molecule has 0 bridgehead atoms. The van der Waals surface area contributed by atoms with E-state index < -0.39 is 0 Å². The van der Waals surface area contributed by atoms with Gasteiger partial charge < -0.3 is 4.90 Å². The Balaban J connectivity index is 0.000000212. The van der Waals surface area contributed by atoms with Crippen molar-refractivity contribution in [3.8, 4) is 0 Å². The first-order chi connectivity index (χ1) is 15.3. The van der Waals surface area contributed by atoms with E-state index in [4.69, 9.17) is 0 Å². The molecule has 0 amide bonds. The van der Waals surface area contributed by atoms with Crippen molar-refractivity contribution in [3.05, 3.63) is 69.8 Å². The van der Waals surface area contributed by atoms with Crippen LogP contribution in [0.2, 0.25) is 0 Å². The number of hydrogen-bond acceptors (Lipinski definition) is 2. The van der Waals surface area contributed by atoms with Crippen molar-refractivity contribution < 1.29 is 0 Å². The molecule has 2 heterocycles. The Kier molecular flexibility index (Phi) is 10.4. The molecule has 0 radical (unpaired) electrons. The van der Waals surface area contributed by atoms with E-state index in [0.29, 0.717) is 17.9 Å². The van der Waals surface area contributed by atoms with Crippen LogP contribution < -0.4 is 0 Å². The molecule has 0 saturated heterocycles. The highest BCUT2D eigenvalue weighted by Crippen LogP contribution is 2.33. The van der Waals surface area contributed by atoms with Gasteiger partial charge in [0.05, 0.1) is 0 Å². The van der Waals surface area contributed by atoms with E-state index in [9.17, 15) is 0 Å². The maximum Gasteiger partial charge on any atom is 0.0322 e. The van der Waals surface area contributed by atoms with Crippen LogP contribution in [0.1, 0.15) is 107 Å². The molecule has 1 unspecified atom stereocenters. The van der Waals surface area contributed by atoms with Gasteiger partial charge in [-0.25, -0.2) is 0 Å². The summed E-state index contributed by atoms with van der Waals surface area (Å²) in [6.07, 6.45) is 2.45. The fraction of sp³-hybridized carbons (Fsp3) is 0.600. The van der Waals surface area contributed by atoms with E-state index in [-0.39, 0.29) is 0 Å². The first-order valence-corrected chi connectivity index (χ1v) is 13.0. The maximum atomic E-state index is 2.56. The summed E-state index contributed by atoms with van der Waals surface area (Å²) in [4.78, 5) is 4.96. The standard InChI is InChI=1S/C15H23N.C13H19N.C2H6/c1-5-16-10-9-15-13(11(2)3)7-6-8-14(15)12(16)4;1-10(2)12-6-4-5-11-9-14(3)8-7-13(11)12;1-2/h6-8,11-12H,5,9-10H2,1-4H3;4-6,10H,7-9H2,1-3H3;1-2H3. The highest BCUT2D eigenvalue weighted by Gasteiger charge is 2.24. The number of nitrogens with zero attached hydrogens (tertiary/aromatic N) is 2. The third kappa shape index (κ3) is 6.23. The third-order valence-electron chi connectivity index (χ3n) is 7.04. The normalized spacial score (nSPS) is 18.3. The van der Waals surface area contributed by atoms with Gasteiger partial charge in [0.15, 0.2) is 0 Å². The molecule has 2 aromatic rings. The van der Waals surface area contributed by atoms with Crippen molar-refractivity contribution in [3.63, 3.8) is 0 Å². The van der Waals surface area contributed by atoms with Gasteiger partial charge in [-0.15, -0.1) is 0 Å². The summed E-state index contributed by atoms with van der Waals surface area (Å²) in [6.45, 7) is 22.5. The Labute approximate surface area is 199 Å². The molecule has 0 aromatic heterocycles. The minimum Gasteiger partial charge on any atom is -0.302 e. The molecule has 32 heavy (non-hydrogen) atoms. The van der Waals surface area contributed by atoms with E-state index in [1.807, 2.05) is 13.8 Å². The van der Waals surface area contributed by atoms with Crippen LogP contribution in [-0.2, 0) is 19.4 Å². The Morgan fingerprint density at radius 2 is 1.41 bits per heavy atom. The highest BCUT2D eigenvalue weighted by atomic mass is 15.1. The lowest BCUT2D eigenvalue weighted by molar-refractivity contribution is 0.209. The topological polar surface area (TPSA) is 6.48 Å². The Bertz CT molecular complexity index is 837. The summed E-state index contributed by atoms with van der Waals surface area (Å²) >= 11 is 0. The van der Waals surface area contributed by atoms with Gasteiger partial charge in [-0.3, -0.25) is 4.90 Å². The molecule has 0 N–H and O–H groups in total. The van der Waals surface area contributed by atoms with E-state index in [1.54, 1.807) is 27.8 Å². The van der Waals surface area contributed by atoms with E-state index in [0.717, 1.165) is 13.1 Å². The Morgan fingerprint density at radius 1 is 0.844 bits per heavy atom.